The van der Waals surface area contributed by atoms with Gasteiger partial charge in [0.05, 0.1) is 5.69 Å². The lowest BCUT2D eigenvalue weighted by atomic mass is 9.80. The third-order valence-corrected chi connectivity index (χ3v) is 5.86. The zero-order chi connectivity index (χ0) is 14.3. The first kappa shape index (κ1) is 13.4. The van der Waals surface area contributed by atoms with Crippen LogP contribution in [0.5, 0.6) is 0 Å². The maximum atomic E-state index is 5.74. The molecule has 0 saturated heterocycles. The number of aromatic nitrogens is 1. The number of nitrogens with zero attached hydrogens (tertiary/aromatic N) is 1. The molecule has 2 aromatic rings. The molecule has 1 aromatic carbocycles. The van der Waals surface area contributed by atoms with Crippen LogP contribution in [0.2, 0.25) is 0 Å². The fourth-order valence-electron chi connectivity index (χ4n) is 3.26. The van der Waals surface area contributed by atoms with Crippen LogP contribution < -0.4 is 5.32 Å². The molecule has 3 nitrogen and oxygen atoms in total. The molecular weight excluding hydrogens is 280 g/mol. The predicted molar refractivity (Wildman–Crippen MR) is 85.5 cm³/mol. The second-order valence-electron chi connectivity index (χ2n) is 6.00. The molecule has 4 rings (SSSR count). The highest BCUT2D eigenvalue weighted by Crippen LogP contribution is 2.46. The Kier molecular flexibility index (Phi) is 3.32. The monoisotopic (exact) mass is 300 g/mol. The molecule has 1 aliphatic carbocycles. The van der Waals surface area contributed by atoms with Crippen molar-refractivity contribution >= 4 is 11.3 Å². The topological polar surface area (TPSA) is 34.1 Å². The summed E-state index contributed by atoms with van der Waals surface area (Å²) in [4.78, 5) is 4.87. The number of benzene rings is 1. The average molecular weight is 300 g/mol. The van der Waals surface area contributed by atoms with Crippen molar-refractivity contribution in [2.75, 3.05) is 13.7 Å². The molecule has 0 amide bonds. The molecule has 4 heteroatoms. The Balaban J connectivity index is 1.66. The maximum absolute atomic E-state index is 5.74. The van der Waals surface area contributed by atoms with E-state index in [1.54, 1.807) is 11.3 Å². The Bertz CT molecular complexity index is 655. The van der Waals surface area contributed by atoms with Gasteiger partial charge in [-0.1, -0.05) is 12.1 Å². The van der Waals surface area contributed by atoms with E-state index < -0.39 is 0 Å². The standard InChI is InChI=1S/C17H20N2OS/c1-20-17(6-2-7-17)16-19-15(11-21-16)13-3-4-14-10-18-8-5-12(14)9-13/h3-4,9,11,18H,2,5-8,10H2,1H3. The summed E-state index contributed by atoms with van der Waals surface area (Å²) in [5.74, 6) is 0. The first-order chi connectivity index (χ1) is 10.3. The molecule has 0 bridgehead atoms. The molecular formula is C17H20N2OS. The predicted octanol–water partition coefficient (Wildman–Crippen LogP) is 3.48. The van der Waals surface area contributed by atoms with Crippen molar-refractivity contribution in [3.8, 4) is 11.3 Å². The fraction of sp³-hybridized carbons (Fsp3) is 0.471. The van der Waals surface area contributed by atoms with Crippen molar-refractivity contribution in [3.05, 3.63) is 39.7 Å². The van der Waals surface area contributed by atoms with Gasteiger partial charge in [-0.15, -0.1) is 11.3 Å². The van der Waals surface area contributed by atoms with Crippen molar-refractivity contribution in [3.63, 3.8) is 0 Å². The molecule has 0 unspecified atom stereocenters. The van der Waals surface area contributed by atoms with Gasteiger partial charge < -0.3 is 10.1 Å². The van der Waals surface area contributed by atoms with Crippen LogP contribution in [-0.2, 0) is 23.3 Å². The van der Waals surface area contributed by atoms with E-state index in [4.69, 9.17) is 9.72 Å². The largest absolute Gasteiger partial charge is 0.371 e. The first-order valence-corrected chi connectivity index (χ1v) is 8.53. The number of thiazole rings is 1. The Morgan fingerprint density at radius 2 is 2.19 bits per heavy atom. The van der Waals surface area contributed by atoms with E-state index >= 15 is 0 Å². The zero-order valence-corrected chi connectivity index (χ0v) is 13.1. The van der Waals surface area contributed by atoms with E-state index in [0.717, 1.165) is 43.1 Å². The zero-order valence-electron chi connectivity index (χ0n) is 12.3. The van der Waals surface area contributed by atoms with Crippen LogP contribution in [0, 0.1) is 0 Å². The van der Waals surface area contributed by atoms with Crippen molar-refractivity contribution in [2.24, 2.45) is 0 Å². The van der Waals surface area contributed by atoms with E-state index in [9.17, 15) is 0 Å². The van der Waals surface area contributed by atoms with Crippen LogP contribution in [0.3, 0.4) is 0 Å². The van der Waals surface area contributed by atoms with Crippen LogP contribution in [0.1, 0.15) is 35.4 Å². The minimum absolute atomic E-state index is 0.0962. The summed E-state index contributed by atoms with van der Waals surface area (Å²) in [7, 11) is 1.81. The molecule has 1 N–H and O–H groups in total. The second-order valence-corrected chi connectivity index (χ2v) is 6.86. The molecule has 1 aromatic heterocycles. The normalized spacial score (nSPS) is 19.9. The number of nitrogens with one attached hydrogen (secondary N) is 1. The Hall–Kier alpha value is -1.23. The molecule has 0 spiro atoms. The van der Waals surface area contributed by atoms with E-state index in [0.29, 0.717) is 0 Å². The molecule has 2 heterocycles. The van der Waals surface area contributed by atoms with Gasteiger partial charge in [-0.25, -0.2) is 4.98 Å². The highest BCUT2D eigenvalue weighted by Gasteiger charge is 2.41. The fourth-order valence-corrected chi connectivity index (χ4v) is 4.32. The van der Waals surface area contributed by atoms with E-state index in [-0.39, 0.29) is 5.60 Å². The minimum Gasteiger partial charge on any atom is -0.371 e. The van der Waals surface area contributed by atoms with Crippen LogP contribution in [-0.4, -0.2) is 18.6 Å². The van der Waals surface area contributed by atoms with Crippen LogP contribution in [0.25, 0.3) is 11.3 Å². The van der Waals surface area contributed by atoms with Crippen molar-refractivity contribution in [1.82, 2.24) is 10.3 Å². The summed E-state index contributed by atoms with van der Waals surface area (Å²) in [6.45, 7) is 2.07. The van der Waals surface area contributed by atoms with Gasteiger partial charge >= 0.3 is 0 Å². The van der Waals surface area contributed by atoms with Crippen molar-refractivity contribution in [1.29, 1.82) is 0 Å². The highest BCUT2D eigenvalue weighted by molar-refractivity contribution is 7.10. The van der Waals surface area contributed by atoms with Gasteiger partial charge in [-0.3, -0.25) is 0 Å². The smallest absolute Gasteiger partial charge is 0.125 e. The summed E-state index contributed by atoms with van der Waals surface area (Å²) < 4.78 is 5.74. The SMILES string of the molecule is COC1(c2nc(-c3ccc4c(c3)CCNC4)cs2)CCC1. The maximum Gasteiger partial charge on any atom is 0.125 e. The third kappa shape index (κ3) is 2.22. The molecule has 0 atom stereocenters. The lowest BCUT2D eigenvalue weighted by Crippen LogP contribution is -2.35. The lowest BCUT2D eigenvalue weighted by molar-refractivity contribution is -0.0778. The number of rotatable bonds is 3. The molecule has 1 saturated carbocycles. The van der Waals surface area contributed by atoms with Gasteiger partial charge in [0, 0.05) is 24.6 Å². The molecule has 0 radical (unpaired) electrons. The van der Waals surface area contributed by atoms with E-state index in [1.807, 2.05) is 7.11 Å². The molecule has 110 valence electrons. The van der Waals surface area contributed by atoms with Gasteiger partial charge in [0.1, 0.15) is 10.6 Å². The third-order valence-electron chi connectivity index (χ3n) is 4.83. The van der Waals surface area contributed by atoms with Crippen molar-refractivity contribution in [2.45, 2.75) is 37.8 Å². The number of methoxy groups -OCH3 is 1. The van der Waals surface area contributed by atoms with Gasteiger partial charge in [0.2, 0.25) is 0 Å². The van der Waals surface area contributed by atoms with Crippen LogP contribution in [0.4, 0.5) is 0 Å². The molecule has 1 aliphatic heterocycles. The summed E-state index contributed by atoms with van der Waals surface area (Å²) in [5, 5.41) is 6.74. The Labute approximate surface area is 129 Å². The minimum atomic E-state index is -0.0962. The van der Waals surface area contributed by atoms with Gasteiger partial charge in [0.25, 0.3) is 0 Å². The van der Waals surface area contributed by atoms with E-state index in [2.05, 4.69) is 28.9 Å². The van der Waals surface area contributed by atoms with Crippen LogP contribution in [0.15, 0.2) is 23.6 Å². The molecule has 1 fully saturated rings. The quantitative estimate of drug-likeness (QED) is 0.942. The second kappa shape index (κ2) is 5.20. The molecule has 21 heavy (non-hydrogen) atoms. The first-order valence-electron chi connectivity index (χ1n) is 7.65. The summed E-state index contributed by atoms with van der Waals surface area (Å²) in [6, 6.07) is 6.76. The van der Waals surface area contributed by atoms with Crippen molar-refractivity contribution < 1.29 is 4.74 Å². The average Bonchev–Trinajstić information content (AvgIpc) is 2.96. The number of hydrogen-bond donors (Lipinski definition) is 1. The number of fused-ring (bicyclic) bond motifs is 1. The highest BCUT2D eigenvalue weighted by atomic mass is 32.1. The number of hydrogen-bond acceptors (Lipinski definition) is 4. The summed E-state index contributed by atoms with van der Waals surface area (Å²) >= 11 is 1.74. The van der Waals surface area contributed by atoms with E-state index in [1.165, 1.54) is 23.1 Å². The van der Waals surface area contributed by atoms with Gasteiger partial charge in [-0.2, -0.15) is 0 Å². The summed E-state index contributed by atoms with van der Waals surface area (Å²) in [6.07, 6.45) is 4.56. The lowest BCUT2D eigenvalue weighted by Gasteiger charge is -2.38. The Morgan fingerprint density at radius 1 is 1.29 bits per heavy atom. The molecule has 2 aliphatic rings. The van der Waals surface area contributed by atoms with Gasteiger partial charge in [-0.05, 0) is 49.4 Å². The Morgan fingerprint density at radius 3 is 2.95 bits per heavy atom. The van der Waals surface area contributed by atoms with Gasteiger partial charge in [0.15, 0.2) is 0 Å². The number of ether oxygens (including phenoxy) is 1. The summed E-state index contributed by atoms with van der Waals surface area (Å²) in [5.41, 5.74) is 5.13. The van der Waals surface area contributed by atoms with Crippen LogP contribution >= 0.6 is 11.3 Å².